The molecule has 8 heteroatoms. The molecular formula is C31H28N2O4S2. The molecular weight excluding hydrogens is 528 g/mol. The van der Waals surface area contributed by atoms with Gasteiger partial charge in [-0.25, -0.2) is 9.79 Å². The van der Waals surface area contributed by atoms with Gasteiger partial charge in [0.1, 0.15) is 5.75 Å². The average Bonchev–Trinajstić information content (AvgIpc) is 3.28. The van der Waals surface area contributed by atoms with E-state index in [0.29, 0.717) is 27.2 Å². The number of carbonyl (C=O) groups excluding carboxylic acids is 1. The zero-order chi connectivity index (χ0) is 27.4. The van der Waals surface area contributed by atoms with Crippen LogP contribution in [0.5, 0.6) is 5.75 Å². The van der Waals surface area contributed by atoms with Crippen molar-refractivity contribution >= 4 is 40.8 Å². The van der Waals surface area contributed by atoms with Crippen LogP contribution in [0.25, 0.3) is 11.8 Å². The van der Waals surface area contributed by atoms with Crippen molar-refractivity contribution in [3.8, 4) is 5.75 Å². The van der Waals surface area contributed by atoms with E-state index in [2.05, 4.69) is 0 Å². The molecule has 0 unspecified atom stereocenters. The average molecular weight is 557 g/mol. The van der Waals surface area contributed by atoms with Crippen molar-refractivity contribution in [2.24, 2.45) is 4.99 Å². The quantitative estimate of drug-likeness (QED) is 0.224. The first-order valence-electron chi connectivity index (χ1n) is 12.7. The van der Waals surface area contributed by atoms with E-state index in [0.717, 1.165) is 27.3 Å². The van der Waals surface area contributed by atoms with Gasteiger partial charge >= 0.3 is 5.97 Å². The minimum atomic E-state index is -0.686. The lowest BCUT2D eigenvalue weighted by atomic mass is 9.93. The van der Waals surface area contributed by atoms with Gasteiger partial charge in [0.25, 0.3) is 5.56 Å². The minimum absolute atomic E-state index is 0.208. The first-order valence-corrected chi connectivity index (χ1v) is 14.7. The maximum atomic E-state index is 13.9. The van der Waals surface area contributed by atoms with Gasteiger partial charge in [0, 0.05) is 10.5 Å². The fraction of sp³-hybridized carbons (Fsp3) is 0.194. The number of hydrogen-bond acceptors (Lipinski definition) is 7. The van der Waals surface area contributed by atoms with Crippen LogP contribution < -0.4 is 19.6 Å². The molecule has 0 aliphatic carbocycles. The molecule has 0 N–H and O–H groups in total. The largest absolute Gasteiger partial charge is 0.494 e. The summed E-state index contributed by atoms with van der Waals surface area (Å²) < 4.78 is 13.2. The third-order valence-corrected chi connectivity index (χ3v) is 8.02. The van der Waals surface area contributed by atoms with Crippen LogP contribution in [-0.4, -0.2) is 30.0 Å². The summed E-state index contributed by atoms with van der Waals surface area (Å²) in [6.45, 7) is 4.51. The van der Waals surface area contributed by atoms with Crippen molar-refractivity contribution in [1.82, 2.24) is 4.57 Å². The Morgan fingerprint density at radius 2 is 1.72 bits per heavy atom. The van der Waals surface area contributed by atoms with Crippen LogP contribution in [0.3, 0.4) is 0 Å². The molecule has 6 nitrogen and oxygen atoms in total. The number of nitrogens with zero attached hydrogens (tertiary/aromatic N) is 2. The first kappa shape index (κ1) is 26.7. The van der Waals surface area contributed by atoms with E-state index >= 15 is 0 Å². The molecule has 0 amide bonds. The molecule has 0 saturated heterocycles. The maximum Gasteiger partial charge on any atom is 0.338 e. The molecule has 5 rings (SSSR count). The van der Waals surface area contributed by atoms with Crippen LogP contribution in [0.1, 0.15) is 36.6 Å². The fourth-order valence-corrected chi connectivity index (χ4v) is 5.93. The highest BCUT2D eigenvalue weighted by atomic mass is 32.2. The Morgan fingerprint density at radius 3 is 2.36 bits per heavy atom. The van der Waals surface area contributed by atoms with Gasteiger partial charge in [0.05, 0.1) is 35.1 Å². The van der Waals surface area contributed by atoms with Gasteiger partial charge in [0.15, 0.2) is 4.80 Å². The highest BCUT2D eigenvalue weighted by molar-refractivity contribution is 7.98. The SMILES string of the molecule is CCOC(=O)C1=C(c2ccccc2)N=c2s/c(=C\c3ccc(OCC)cc3)c(=O)n2[C@H]1c1ccc(SC)cc1. The molecule has 2 heterocycles. The number of aromatic nitrogens is 1. The summed E-state index contributed by atoms with van der Waals surface area (Å²) in [5, 5.41) is 0. The fourth-order valence-electron chi connectivity index (χ4n) is 4.52. The maximum absolute atomic E-state index is 13.9. The summed E-state index contributed by atoms with van der Waals surface area (Å²) in [7, 11) is 0. The normalized spacial score (nSPS) is 15.1. The Bertz CT molecular complexity index is 1690. The summed E-state index contributed by atoms with van der Waals surface area (Å²) in [5.74, 6) is 0.288. The van der Waals surface area contributed by atoms with Crippen molar-refractivity contribution in [2.45, 2.75) is 24.8 Å². The number of carbonyl (C=O) groups is 1. The summed E-state index contributed by atoms with van der Waals surface area (Å²) in [4.78, 5) is 34.0. The molecule has 1 atom stereocenters. The van der Waals surface area contributed by atoms with Crippen molar-refractivity contribution < 1.29 is 14.3 Å². The van der Waals surface area contributed by atoms with E-state index in [1.165, 1.54) is 11.3 Å². The topological polar surface area (TPSA) is 69.9 Å². The Balaban J connectivity index is 1.76. The third kappa shape index (κ3) is 5.48. The van der Waals surface area contributed by atoms with Crippen molar-refractivity contribution in [3.05, 3.63) is 121 Å². The number of thioether (sulfide) groups is 1. The third-order valence-electron chi connectivity index (χ3n) is 6.29. The van der Waals surface area contributed by atoms with Gasteiger partial charge < -0.3 is 9.47 Å². The number of esters is 1. The van der Waals surface area contributed by atoms with Gasteiger partial charge in [-0.2, -0.15) is 0 Å². The van der Waals surface area contributed by atoms with Gasteiger partial charge in [-0.1, -0.05) is 65.9 Å². The van der Waals surface area contributed by atoms with E-state index in [1.54, 1.807) is 23.3 Å². The summed E-state index contributed by atoms with van der Waals surface area (Å²) >= 11 is 2.94. The zero-order valence-electron chi connectivity index (χ0n) is 21.9. The number of hydrogen-bond donors (Lipinski definition) is 0. The van der Waals surface area contributed by atoms with E-state index in [1.807, 2.05) is 98.1 Å². The van der Waals surface area contributed by atoms with Crippen molar-refractivity contribution in [3.63, 3.8) is 0 Å². The molecule has 0 saturated carbocycles. The Hall–Kier alpha value is -3.88. The summed E-state index contributed by atoms with van der Waals surface area (Å²) in [6.07, 6.45) is 3.86. The molecule has 0 radical (unpaired) electrons. The lowest BCUT2D eigenvalue weighted by Gasteiger charge is -2.26. The highest BCUT2D eigenvalue weighted by Crippen LogP contribution is 2.35. The predicted molar refractivity (Wildman–Crippen MR) is 157 cm³/mol. The lowest BCUT2D eigenvalue weighted by molar-refractivity contribution is -0.138. The van der Waals surface area contributed by atoms with Crippen LogP contribution in [0.15, 0.2) is 99.1 Å². The smallest absolute Gasteiger partial charge is 0.338 e. The molecule has 3 aromatic carbocycles. The summed E-state index contributed by atoms with van der Waals surface area (Å²) in [5.41, 5.74) is 3.13. The molecule has 0 fully saturated rings. The van der Waals surface area contributed by atoms with Gasteiger partial charge in [-0.05, 0) is 61.6 Å². The van der Waals surface area contributed by atoms with Crippen molar-refractivity contribution in [1.29, 1.82) is 0 Å². The van der Waals surface area contributed by atoms with Crippen LogP contribution in [0, 0.1) is 0 Å². The van der Waals surface area contributed by atoms with E-state index < -0.39 is 12.0 Å². The Kier molecular flexibility index (Phi) is 8.14. The highest BCUT2D eigenvalue weighted by Gasteiger charge is 2.35. The van der Waals surface area contributed by atoms with Crippen molar-refractivity contribution in [2.75, 3.05) is 19.5 Å². The Labute approximate surface area is 235 Å². The molecule has 39 heavy (non-hydrogen) atoms. The molecule has 4 aromatic rings. The first-order chi connectivity index (χ1) is 19.0. The number of thiazole rings is 1. The standard InChI is InChI=1S/C31H28N2O4S2/c1-4-36-23-15-11-20(12-16-23)19-25-29(34)33-28(22-13-17-24(38-3)18-14-22)26(30(35)37-5-2)27(32-31(33)39-25)21-9-7-6-8-10-21/h6-19,28H,4-5H2,1-3H3/b25-19-/t28-/m0/s1. The molecule has 0 bridgehead atoms. The monoisotopic (exact) mass is 556 g/mol. The lowest BCUT2D eigenvalue weighted by Crippen LogP contribution is -2.40. The second-order valence-electron chi connectivity index (χ2n) is 8.71. The van der Waals surface area contributed by atoms with Gasteiger partial charge in [-0.15, -0.1) is 11.8 Å². The molecule has 1 aliphatic heterocycles. The van der Waals surface area contributed by atoms with E-state index in [-0.39, 0.29) is 12.2 Å². The van der Waals surface area contributed by atoms with Gasteiger partial charge in [-0.3, -0.25) is 9.36 Å². The number of benzene rings is 3. The Morgan fingerprint density at radius 1 is 1.00 bits per heavy atom. The van der Waals surface area contributed by atoms with Gasteiger partial charge in [0.2, 0.25) is 0 Å². The minimum Gasteiger partial charge on any atom is -0.494 e. The zero-order valence-corrected chi connectivity index (χ0v) is 23.6. The van der Waals surface area contributed by atoms with Crippen LogP contribution in [0.4, 0.5) is 0 Å². The second kappa shape index (κ2) is 11.9. The van der Waals surface area contributed by atoms with E-state index in [9.17, 15) is 9.59 Å². The van der Waals surface area contributed by atoms with Crippen LogP contribution in [-0.2, 0) is 9.53 Å². The number of ether oxygens (including phenoxy) is 2. The molecule has 0 spiro atoms. The molecule has 1 aliphatic rings. The molecule has 1 aromatic heterocycles. The van der Waals surface area contributed by atoms with Crippen LogP contribution in [0.2, 0.25) is 0 Å². The predicted octanol–water partition coefficient (Wildman–Crippen LogP) is 5.06. The van der Waals surface area contributed by atoms with E-state index in [4.69, 9.17) is 14.5 Å². The van der Waals surface area contributed by atoms with Crippen LogP contribution >= 0.6 is 23.1 Å². The second-order valence-corrected chi connectivity index (χ2v) is 10.6. The number of rotatable bonds is 8. The summed E-state index contributed by atoms with van der Waals surface area (Å²) in [6, 6.07) is 24.4. The number of fused-ring (bicyclic) bond motifs is 1. The molecule has 198 valence electrons.